The number of hydrogen-bond donors (Lipinski definition) is 2. The standard InChI is InChI=1S/C18H23N3O3/c1-2-21(16-9-5-3-6-10-16)14-15(13-19)18(24)20-12-8-4-7-11-17(22)23/h3,5-6,9-10,14H,2,4,7-8,11-12H2,1H3,(H,20,24)(H,22,23)/b15-14-. The van der Waals surface area contributed by atoms with Crippen LogP contribution in [-0.2, 0) is 9.59 Å². The molecule has 0 radical (unpaired) electrons. The Morgan fingerprint density at radius 2 is 1.96 bits per heavy atom. The van der Waals surface area contributed by atoms with Gasteiger partial charge in [-0.25, -0.2) is 0 Å². The molecule has 0 aromatic heterocycles. The number of rotatable bonds is 10. The van der Waals surface area contributed by atoms with Gasteiger partial charge in [-0.15, -0.1) is 0 Å². The van der Waals surface area contributed by atoms with Crippen molar-refractivity contribution in [3.05, 3.63) is 42.1 Å². The first-order chi connectivity index (χ1) is 11.6. The first-order valence-corrected chi connectivity index (χ1v) is 8.02. The number of anilines is 1. The Hall–Kier alpha value is -2.81. The van der Waals surface area contributed by atoms with Crippen LogP contribution < -0.4 is 10.2 Å². The average molecular weight is 329 g/mol. The zero-order valence-corrected chi connectivity index (χ0v) is 13.9. The number of benzene rings is 1. The van der Waals surface area contributed by atoms with Crippen molar-refractivity contribution in [2.45, 2.75) is 32.6 Å². The fraction of sp³-hybridized carbons (Fsp3) is 0.389. The van der Waals surface area contributed by atoms with Gasteiger partial charge in [0, 0.05) is 31.4 Å². The molecule has 0 saturated heterocycles. The number of amides is 1. The highest BCUT2D eigenvalue weighted by Gasteiger charge is 2.11. The van der Waals surface area contributed by atoms with Gasteiger partial charge in [-0.3, -0.25) is 9.59 Å². The molecule has 0 atom stereocenters. The summed E-state index contributed by atoms with van der Waals surface area (Å²) in [7, 11) is 0. The molecule has 0 unspecified atom stereocenters. The second-order valence-corrected chi connectivity index (χ2v) is 5.24. The summed E-state index contributed by atoms with van der Waals surface area (Å²) in [4.78, 5) is 24.3. The average Bonchev–Trinajstić information content (AvgIpc) is 2.59. The smallest absolute Gasteiger partial charge is 0.303 e. The van der Waals surface area contributed by atoms with E-state index in [1.165, 1.54) is 0 Å². The molecule has 6 nitrogen and oxygen atoms in total. The third-order valence-electron chi connectivity index (χ3n) is 3.43. The van der Waals surface area contributed by atoms with Crippen LogP contribution in [0.25, 0.3) is 0 Å². The molecule has 0 spiro atoms. The third-order valence-corrected chi connectivity index (χ3v) is 3.43. The van der Waals surface area contributed by atoms with Crippen LogP contribution in [0.15, 0.2) is 42.1 Å². The Morgan fingerprint density at radius 1 is 1.25 bits per heavy atom. The number of carboxylic acid groups (broad SMARTS) is 1. The number of carboxylic acids is 1. The van der Waals surface area contributed by atoms with Gasteiger partial charge in [0.05, 0.1) is 0 Å². The van der Waals surface area contributed by atoms with Gasteiger partial charge in [0.2, 0.25) is 0 Å². The number of nitrogens with zero attached hydrogens (tertiary/aromatic N) is 2. The van der Waals surface area contributed by atoms with E-state index in [1.54, 1.807) is 6.20 Å². The number of aliphatic carboxylic acids is 1. The molecule has 6 heteroatoms. The molecule has 0 aliphatic heterocycles. The molecule has 2 N–H and O–H groups in total. The summed E-state index contributed by atoms with van der Waals surface area (Å²) in [5.74, 6) is -1.22. The largest absolute Gasteiger partial charge is 0.481 e. The SMILES string of the molecule is CCN(/C=C(/C#N)C(=O)NCCCCCC(=O)O)c1ccccc1. The van der Waals surface area contributed by atoms with Crippen molar-refractivity contribution >= 4 is 17.6 Å². The predicted octanol–water partition coefficient (Wildman–Crippen LogP) is 2.68. The van der Waals surface area contributed by atoms with Crippen molar-refractivity contribution in [3.63, 3.8) is 0 Å². The first kappa shape index (κ1) is 19.2. The minimum atomic E-state index is -0.811. The molecule has 0 bridgehead atoms. The van der Waals surface area contributed by atoms with Crippen LogP contribution in [0, 0.1) is 11.3 Å². The molecule has 1 aromatic rings. The van der Waals surface area contributed by atoms with E-state index in [9.17, 15) is 14.9 Å². The van der Waals surface area contributed by atoms with Crippen molar-refractivity contribution in [1.29, 1.82) is 5.26 Å². The first-order valence-electron chi connectivity index (χ1n) is 8.02. The predicted molar refractivity (Wildman–Crippen MR) is 92.3 cm³/mol. The highest BCUT2D eigenvalue weighted by molar-refractivity contribution is 5.97. The molecule has 1 rings (SSSR count). The lowest BCUT2D eigenvalue weighted by molar-refractivity contribution is -0.137. The van der Waals surface area contributed by atoms with Gasteiger partial charge >= 0.3 is 5.97 Å². The number of unbranched alkanes of at least 4 members (excludes halogenated alkanes) is 2. The molecule has 0 heterocycles. The molecule has 0 saturated carbocycles. The number of para-hydroxylation sites is 1. The van der Waals surface area contributed by atoms with Gasteiger partial charge in [-0.2, -0.15) is 5.26 Å². The molecule has 0 aliphatic rings. The molecule has 128 valence electrons. The van der Waals surface area contributed by atoms with Crippen LogP contribution in [0.4, 0.5) is 5.69 Å². The fourth-order valence-corrected chi connectivity index (χ4v) is 2.14. The Balaban J connectivity index is 2.53. The van der Waals surface area contributed by atoms with Crippen LogP contribution in [0.5, 0.6) is 0 Å². The van der Waals surface area contributed by atoms with Crippen molar-refractivity contribution in [2.75, 3.05) is 18.0 Å². The van der Waals surface area contributed by atoms with E-state index in [0.717, 1.165) is 12.1 Å². The summed E-state index contributed by atoms with van der Waals surface area (Å²) in [5, 5.41) is 20.5. The maximum Gasteiger partial charge on any atom is 0.303 e. The lowest BCUT2D eigenvalue weighted by Gasteiger charge is -2.18. The summed E-state index contributed by atoms with van der Waals surface area (Å²) in [5.41, 5.74) is 0.959. The van der Waals surface area contributed by atoms with Gasteiger partial charge in [-0.05, 0) is 31.9 Å². The number of hydrogen-bond acceptors (Lipinski definition) is 4. The lowest BCUT2D eigenvalue weighted by Crippen LogP contribution is -2.27. The fourth-order valence-electron chi connectivity index (χ4n) is 2.14. The van der Waals surface area contributed by atoms with Crippen molar-refractivity contribution in [2.24, 2.45) is 0 Å². The van der Waals surface area contributed by atoms with Crippen molar-refractivity contribution in [1.82, 2.24) is 5.32 Å². The van der Waals surface area contributed by atoms with Crippen LogP contribution in [0.3, 0.4) is 0 Å². The molecule has 1 amide bonds. The summed E-state index contributed by atoms with van der Waals surface area (Å²) >= 11 is 0. The zero-order valence-electron chi connectivity index (χ0n) is 13.9. The normalized spacial score (nSPS) is 10.8. The van der Waals surface area contributed by atoms with E-state index >= 15 is 0 Å². The van der Waals surface area contributed by atoms with E-state index in [-0.39, 0.29) is 12.0 Å². The Morgan fingerprint density at radius 3 is 2.54 bits per heavy atom. The zero-order chi connectivity index (χ0) is 17.8. The monoisotopic (exact) mass is 329 g/mol. The quantitative estimate of drug-likeness (QED) is 0.391. The molecule has 24 heavy (non-hydrogen) atoms. The van der Waals surface area contributed by atoms with Gasteiger partial charge in [0.25, 0.3) is 5.91 Å². The van der Waals surface area contributed by atoms with E-state index in [4.69, 9.17) is 5.11 Å². The van der Waals surface area contributed by atoms with Crippen molar-refractivity contribution < 1.29 is 14.7 Å². The molecular weight excluding hydrogens is 306 g/mol. The highest BCUT2D eigenvalue weighted by atomic mass is 16.4. The second-order valence-electron chi connectivity index (χ2n) is 5.24. The third kappa shape index (κ3) is 6.97. The van der Waals surface area contributed by atoms with Crippen LogP contribution in [0.2, 0.25) is 0 Å². The van der Waals surface area contributed by atoms with Gasteiger partial charge in [0.1, 0.15) is 11.6 Å². The Bertz CT molecular complexity index is 606. The molecule has 0 fully saturated rings. The highest BCUT2D eigenvalue weighted by Crippen LogP contribution is 2.14. The maximum absolute atomic E-state index is 12.1. The van der Waals surface area contributed by atoms with Gasteiger partial charge in [0.15, 0.2) is 0 Å². The van der Waals surface area contributed by atoms with Gasteiger partial charge < -0.3 is 15.3 Å². The van der Waals surface area contributed by atoms with Crippen LogP contribution in [0.1, 0.15) is 32.6 Å². The van der Waals surface area contributed by atoms with Gasteiger partial charge in [-0.1, -0.05) is 24.6 Å². The van der Waals surface area contributed by atoms with E-state index in [2.05, 4.69) is 5.32 Å². The summed E-state index contributed by atoms with van der Waals surface area (Å²) in [6, 6.07) is 11.5. The minimum absolute atomic E-state index is 0.0474. The van der Waals surface area contributed by atoms with Crippen LogP contribution >= 0.6 is 0 Å². The van der Waals surface area contributed by atoms with E-state index in [1.807, 2.05) is 48.2 Å². The summed E-state index contributed by atoms with van der Waals surface area (Å²) < 4.78 is 0. The van der Waals surface area contributed by atoms with E-state index < -0.39 is 11.9 Å². The minimum Gasteiger partial charge on any atom is -0.481 e. The Labute approximate surface area is 142 Å². The summed E-state index contributed by atoms with van der Waals surface area (Å²) in [6.45, 7) is 3.01. The number of carbonyl (C=O) groups is 2. The topological polar surface area (TPSA) is 93.4 Å². The maximum atomic E-state index is 12.1. The van der Waals surface area contributed by atoms with Crippen LogP contribution in [-0.4, -0.2) is 30.1 Å². The lowest BCUT2D eigenvalue weighted by atomic mass is 10.2. The molecular formula is C18H23N3O3. The number of nitrogens with one attached hydrogen (secondary N) is 1. The van der Waals surface area contributed by atoms with Crippen molar-refractivity contribution in [3.8, 4) is 6.07 Å². The molecule has 0 aliphatic carbocycles. The molecule has 1 aromatic carbocycles. The summed E-state index contributed by atoms with van der Waals surface area (Å²) in [6.07, 6.45) is 3.69. The van der Waals surface area contributed by atoms with E-state index in [0.29, 0.717) is 25.9 Å². The number of carbonyl (C=O) groups excluding carboxylic acids is 1. The second kappa shape index (κ2) is 10.8. The number of nitriles is 1. The Kier molecular flexibility index (Phi) is 8.69.